The van der Waals surface area contributed by atoms with Crippen LogP contribution in [0.25, 0.3) is 0 Å². The summed E-state index contributed by atoms with van der Waals surface area (Å²) in [4.78, 5) is 9.44. The first-order valence-corrected chi connectivity index (χ1v) is 10.2. The smallest absolute Gasteiger partial charge is 0.191 e. The summed E-state index contributed by atoms with van der Waals surface area (Å²) < 4.78 is 0. The Morgan fingerprint density at radius 1 is 1.27 bits per heavy atom. The maximum atomic E-state index is 4.42. The van der Waals surface area contributed by atoms with Gasteiger partial charge in [0.25, 0.3) is 0 Å². The van der Waals surface area contributed by atoms with E-state index in [1.54, 1.807) is 0 Å². The fourth-order valence-electron chi connectivity index (χ4n) is 4.06. The summed E-state index contributed by atoms with van der Waals surface area (Å²) in [6.07, 6.45) is 3.90. The van der Waals surface area contributed by atoms with Gasteiger partial charge in [0.1, 0.15) is 0 Å². The quantitative estimate of drug-likeness (QED) is 0.607. The van der Waals surface area contributed by atoms with Crippen molar-refractivity contribution >= 4 is 11.6 Å². The van der Waals surface area contributed by atoms with Crippen molar-refractivity contribution in [3.63, 3.8) is 0 Å². The summed E-state index contributed by atoms with van der Waals surface area (Å²) in [7, 11) is 1.86. The molecule has 0 aliphatic carbocycles. The van der Waals surface area contributed by atoms with E-state index in [4.69, 9.17) is 0 Å². The molecule has 0 spiro atoms. The number of rotatable bonds is 6. The minimum Gasteiger partial charge on any atom is -0.372 e. The molecule has 0 saturated carbocycles. The van der Waals surface area contributed by atoms with E-state index in [0.717, 1.165) is 25.0 Å². The molecule has 26 heavy (non-hydrogen) atoms. The van der Waals surface area contributed by atoms with Gasteiger partial charge in [-0.1, -0.05) is 19.1 Å². The number of hydrogen-bond donors (Lipinski definition) is 2. The molecule has 2 heterocycles. The highest BCUT2D eigenvalue weighted by Gasteiger charge is 2.21. The van der Waals surface area contributed by atoms with E-state index < -0.39 is 0 Å². The van der Waals surface area contributed by atoms with E-state index in [1.807, 2.05) is 7.05 Å². The molecular weight excluding hydrogens is 322 g/mol. The van der Waals surface area contributed by atoms with Crippen molar-refractivity contribution in [2.24, 2.45) is 10.9 Å². The van der Waals surface area contributed by atoms with Crippen LogP contribution in [0.2, 0.25) is 0 Å². The normalized spacial score (nSPS) is 22.7. The third-order valence-electron chi connectivity index (χ3n) is 5.79. The molecule has 3 rings (SSSR count). The summed E-state index contributed by atoms with van der Waals surface area (Å²) in [5, 5.41) is 7.08. The molecule has 2 unspecified atom stereocenters. The van der Waals surface area contributed by atoms with Crippen molar-refractivity contribution in [3.05, 3.63) is 29.8 Å². The van der Waals surface area contributed by atoms with Gasteiger partial charge in [0.2, 0.25) is 0 Å². The van der Waals surface area contributed by atoms with E-state index in [9.17, 15) is 0 Å². The van der Waals surface area contributed by atoms with Crippen molar-refractivity contribution in [1.29, 1.82) is 0 Å². The van der Waals surface area contributed by atoms with Crippen LogP contribution in [-0.4, -0.2) is 57.2 Å². The Balaban J connectivity index is 1.52. The fourth-order valence-corrected chi connectivity index (χ4v) is 4.06. The lowest BCUT2D eigenvalue weighted by Crippen LogP contribution is -2.41. The number of nitrogens with one attached hydrogen (secondary N) is 2. The maximum absolute atomic E-state index is 4.42. The van der Waals surface area contributed by atoms with Crippen LogP contribution in [0.15, 0.2) is 29.3 Å². The zero-order valence-electron chi connectivity index (χ0n) is 16.7. The van der Waals surface area contributed by atoms with Gasteiger partial charge in [0.15, 0.2) is 5.96 Å². The number of aliphatic imine (C=N–C) groups is 1. The fraction of sp³-hybridized carbons (Fsp3) is 0.667. The lowest BCUT2D eigenvalue weighted by atomic mass is 10.1. The molecule has 2 aliphatic rings. The molecule has 0 amide bonds. The first kappa shape index (κ1) is 19.0. The molecule has 0 aromatic heterocycles. The minimum atomic E-state index is 0.236. The van der Waals surface area contributed by atoms with Crippen LogP contribution in [0.5, 0.6) is 0 Å². The van der Waals surface area contributed by atoms with Crippen LogP contribution in [0.4, 0.5) is 5.69 Å². The van der Waals surface area contributed by atoms with Gasteiger partial charge in [0.05, 0.1) is 6.04 Å². The van der Waals surface area contributed by atoms with Gasteiger partial charge in [-0.3, -0.25) is 4.99 Å². The zero-order valence-corrected chi connectivity index (χ0v) is 16.7. The summed E-state index contributed by atoms with van der Waals surface area (Å²) >= 11 is 0. The first-order valence-electron chi connectivity index (χ1n) is 10.2. The van der Waals surface area contributed by atoms with Crippen molar-refractivity contribution in [2.75, 3.05) is 51.2 Å². The highest BCUT2D eigenvalue weighted by atomic mass is 15.2. The lowest BCUT2D eigenvalue weighted by Gasteiger charge is -2.22. The predicted molar refractivity (Wildman–Crippen MR) is 111 cm³/mol. The third-order valence-corrected chi connectivity index (χ3v) is 5.79. The average molecular weight is 358 g/mol. The molecule has 2 N–H and O–H groups in total. The molecule has 1 aromatic carbocycles. The molecule has 2 saturated heterocycles. The van der Waals surface area contributed by atoms with Crippen LogP contribution >= 0.6 is 0 Å². The molecule has 0 bridgehead atoms. The number of hydrogen-bond acceptors (Lipinski definition) is 3. The highest BCUT2D eigenvalue weighted by molar-refractivity contribution is 5.80. The number of benzene rings is 1. The number of guanidine groups is 1. The second-order valence-corrected chi connectivity index (χ2v) is 7.66. The van der Waals surface area contributed by atoms with E-state index in [0.29, 0.717) is 0 Å². The molecule has 1 aromatic rings. The Labute approximate surface area is 158 Å². The highest BCUT2D eigenvalue weighted by Crippen LogP contribution is 2.24. The third kappa shape index (κ3) is 4.91. The summed E-state index contributed by atoms with van der Waals surface area (Å²) in [5.74, 6) is 1.63. The zero-order chi connectivity index (χ0) is 18.4. The Kier molecular flexibility index (Phi) is 6.78. The SMILES string of the molecule is CCN1CCC(CNC(=NC)NC(C)c2cccc(N3CCCC3)c2)C1. The number of anilines is 1. The summed E-state index contributed by atoms with van der Waals surface area (Å²) in [6.45, 7) is 11.4. The largest absolute Gasteiger partial charge is 0.372 e. The average Bonchev–Trinajstić information content (AvgIpc) is 3.36. The predicted octanol–water partition coefficient (Wildman–Crippen LogP) is 2.85. The van der Waals surface area contributed by atoms with Crippen LogP contribution in [-0.2, 0) is 0 Å². The molecule has 5 heteroatoms. The van der Waals surface area contributed by atoms with Crippen molar-refractivity contribution in [3.8, 4) is 0 Å². The lowest BCUT2D eigenvalue weighted by molar-refractivity contribution is 0.341. The Hall–Kier alpha value is -1.75. The Bertz CT molecular complexity index is 594. The Morgan fingerprint density at radius 3 is 2.77 bits per heavy atom. The van der Waals surface area contributed by atoms with Crippen LogP contribution in [0.3, 0.4) is 0 Å². The minimum absolute atomic E-state index is 0.236. The van der Waals surface area contributed by atoms with Crippen LogP contribution < -0.4 is 15.5 Å². The topological polar surface area (TPSA) is 42.9 Å². The van der Waals surface area contributed by atoms with Gasteiger partial charge in [0, 0.05) is 38.9 Å². The van der Waals surface area contributed by atoms with E-state index >= 15 is 0 Å². The van der Waals surface area contributed by atoms with E-state index in [1.165, 1.54) is 56.7 Å². The van der Waals surface area contributed by atoms with Gasteiger partial charge in [-0.05, 0) is 62.9 Å². The van der Waals surface area contributed by atoms with Gasteiger partial charge in [-0.25, -0.2) is 0 Å². The molecule has 0 radical (unpaired) electrons. The van der Waals surface area contributed by atoms with Gasteiger partial charge < -0.3 is 20.4 Å². The summed E-state index contributed by atoms with van der Waals surface area (Å²) in [5.41, 5.74) is 2.66. The monoisotopic (exact) mass is 357 g/mol. The standard InChI is InChI=1S/C21H35N5/c1-4-25-13-10-18(16-25)15-23-21(22-3)24-17(2)19-8-7-9-20(14-19)26-11-5-6-12-26/h7-9,14,17-18H,4-6,10-13,15-16H2,1-3H3,(H2,22,23,24). The van der Waals surface area contributed by atoms with Crippen molar-refractivity contribution in [1.82, 2.24) is 15.5 Å². The van der Waals surface area contributed by atoms with Crippen molar-refractivity contribution in [2.45, 2.75) is 39.2 Å². The number of likely N-dealkylation sites (tertiary alicyclic amines) is 1. The van der Waals surface area contributed by atoms with E-state index in [-0.39, 0.29) is 6.04 Å². The second-order valence-electron chi connectivity index (χ2n) is 7.66. The van der Waals surface area contributed by atoms with Crippen molar-refractivity contribution < 1.29 is 0 Å². The second kappa shape index (κ2) is 9.26. The molecule has 144 valence electrons. The van der Waals surface area contributed by atoms with Crippen LogP contribution in [0, 0.1) is 5.92 Å². The van der Waals surface area contributed by atoms with Crippen LogP contribution in [0.1, 0.15) is 44.7 Å². The van der Waals surface area contributed by atoms with Gasteiger partial charge in [-0.15, -0.1) is 0 Å². The Morgan fingerprint density at radius 2 is 2.08 bits per heavy atom. The molecule has 2 atom stereocenters. The molecule has 2 fully saturated rings. The van der Waals surface area contributed by atoms with Gasteiger partial charge >= 0.3 is 0 Å². The molecule has 5 nitrogen and oxygen atoms in total. The first-order chi connectivity index (χ1) is 12.7. The maximum Gasteiger partial charge on any atom is 0.191 e. The van der Waals surface area contributed by atoms with Gasteiger partial charge in [-0.2, -0.15) is 0 Å². The van der Waals surface area contributed by atoms with E-state index in [2.05, 4.69) is 63.5 Å². The summed E-state index contributed by atoms with van der Waals surface area (Å²) in [6, 6.07) is 9.18. The number of nitrogens with zero attached hydrogens (tertiary/aromatic N) is 3. The molecular formula is C21H35N5. The molecule has 2 aliphatic heterocycles.